The molecule has 0 aliphatic rings. The highest BCUT2D eigenvalue weighted by atomic mass is 14.9. The van der Waals surface area contributed by atoms with E-state index in [0.29, 0.717) is 12.1 Å². The van der Waals surface area contributed by atoms with Crippen LogP contribution in [-0.4, -0.2) is 4.57 Å². The van der Waals surface area contributed by atoms with Crippen LogP contribution in [0.3, 0.4) is 0 Å². The van der Waals surface area contributed by atoms with Crippen molar-refractivity contribution in [2.45, 2.75) is 27.3 Å². The third-order valence-electron chi connectivity index (χ3n) is 2.62. The van der Waals surface area contributed by atoms with E-state index < -0.39 is 0 Å². The number of nitriles is 1. The van der Waals surface area contributed by atoms with Gasteiger partial charge in [-0.25, -0.2) is 0 Å². The quantitative estimate of drug-likeness (QED) is 0.696. The Morgan fingerprint density at radius 3 is 2.67 bits per heavy atom. The lowest BCUT2D eigenvalue weighted by atomic mass is 9.98. The molecule has 0 radical (unpaired) electrons. The first-order valence-electron chi connectivity index (χ1n) is 5.99. The Morgan fingerprint density at radius 2 is 2.00 bits per heavy atom. The summed E-state index contributed by atoms with van der Waals surface area (Å²) >= 11 is 0. The van der Waals surface area contributed by atoms with Gasteiger partial charge in [0.1, 0.15) is 0 Å². The molecule has 0 saturated carbocycles. The summed E-state index contributed by atoms with van der Waals surface area (Å²) in [5.41, 5.74) is 1.78. The number of benzene rings is 1. The van der Waals surface area contributed by atoms with Crippen LogP contribution in [-0.2, 0) is 6.54 Å². The van der Waals surface area contributed by atoms with E-state index in [1.807, 2.05) is 24.4 Å². The maximum Gasteiger partial charge on any atom is 0.0992 e. The van der Waals surface area contributed by atoms with Gasteiger partial charge >= 0.3 is 0 Å². The second-order valence-electron chi connectivity index (χ2n) is 5.38. The largest absolute Gasteiger partial charge is 0.336 e. The summed E-state index contributed by atoms with van der Waals surface area (Å²) in [5, 5.41) is 10.1. The number of fused-ring (bicyclic) bond motifs is 1. The molecule has 0 bridgehead atoms. The van der Waals surface area contributed by atoms with Gasteiger partial charge in [0.2, 0.25) is 0 Å². The predicted molar refractivity (Wildman–Crippen MR) is 73.9 cm³/mol. The maximum atomic E-state index is 8.92. The van der Waals surface area contributed by atoms with E-state index in [9.17, 15) is 0 Å². The summed E-state index contributed by atoms with van der Waals surface area (Å²) in [4.78, 5) is 0. The van der Waals surface area contributed by atoms with Crippen molar-refractivity contribution >= 4 is 10.9 Å². The average molecular weight is 236 g/mol. The molecule has 0 saturated heterocycles. The number of nitrogens with zero attached hydrogens (tertiary/aromatic N) is 2. The van der Waals surface area contributed by atoms with Crippen molar-refractivity contribution in [1.82, 2.24) is 4.57 Å². The Kier molecular flexibility index (Phi) is 3.13. The monoisotopic (exact) mass is 236 g/mol. The first-order chi connectivity index (χ1) is 8.49. The third kappa shape index (κ3) is 2.73. The van der Waals surface area contributed by atoms with Crippen molar-refractivity contribution in [2.75, 3.05) is 0 Å². The fraction of sp³-hybridized carbons (Fsp3) is 0.312. The molecule has 1 heterocycles. The molecule has 0 aliphatic heterocycles. The minimum Gasteiger partial charge on any atom is -0.336 e. The molecule has 2 rings (SSSR count). The molecule has 90 valence electrons. The molecule has 1 aromatic heterocycles. The van der Waals surface area contributed by atoms with E-state index in [4.69, 9.17) is 5.26 Å². The van der Waals surface area contributed by atoms with Gasteiger partial charge in [-0.15, -0.1) is 0 Å². The Balaban J connectivity index is 2.34. The highest BCUT2D eigenvalue weighted by Crippen LogP contribution is 2.17. The summed E-state index contributed by atoms with van der Waals surface area (Å²) in [5.74, 6) is 6.41. The molecule has 2 nitrogen and oxygen atoms in total. The zero-order valence-corrected chi connectivity index (χ0v) is 11.0. The van der Waals surface area contributed by atoms with E-state index in [2.05, 4.69) is 49.3 Å². The van der Waals surface area contributed by atoms with Crippen molar-refractivity contribution < 1.29 is 0 Å². The van der Waals surface area contributed by atoms with Crippen LogP contribution in [0.2, 0.25) is 0 Å². The van der Waals surface area contributed by atoms with E-state index in [1.54, 1.807) is 0 Å². The van der Waals surface area contributed by atoms with Crippen LogP contribution >= 0.6 is 0 Å². The first-order valence-corrected chi connectivity index (χ1v) is 5.99. The average Bonchev–Trinajstić information content (AvgIpc) is 2.70. The Hall–Kier alpha value is -2.19. The molecule has 0 spiro atoms. The normalized spacial score (nSPS) is 10.8. The summed E-state index contributed by atoms with van der Waals surface area (Å²) in [6.45, 7) is 6.96. The molecule has 0 fully saturated rings. The fourth-order valence-corrected chi connectivity index (χ4v) is 1.78. The summed E-state index contributed by atoms with van der Waals surface area (Å²) < 4.78 is 2.08. The van der Waals surface area contributed by atoms with Crippen LogP contribution in [0.25, 0.3) is 10.9 Å². The minimum atomic E-state index is 0.0285. The Labute approximate surface area is 108 Å². The van der Waals surface area contributed by atoms with Crippen LogP contribution in [0.4, 0.5) is 0 Å². The first kappa shape index (κ1) is 12.3. The van der Waals surface area contributed by atoms with E-state index in [1.165, 1.54) is 0 Å². The molecule has 2 heteroatoms. The molecule has 0 unspecified atom stereocenters. The van der Waals surface area contributed by atoms with Crippen molar-refractivity contribution in [3.05, 3.63) is 36.0 Å². The summed E-state index contributed by atoms with van der Waals surface area (Å²) in [7, 11) is 0. The lowest BCUT2D eigenvalue weighted by molar-refractivity contribution is 0.569. The van der Waals surface area contributed by atoms with E-state index in [-0.39, 0.29) is 5.41 Å². The SMILES string of the molecule is CC(C)(C)C#CCn1ccc2ccc(C#N)cc21. The van der Waals surface area contributed by atoms with Gasteiger partial charge in [-0.2, -0.15) is 5.26 Å². The molecular weight excluding hydrogens is 220 g/mol. The summed E-state index contributed by atoms with van der Waals surface area (Å²) in [6.07, 6.45) is 2.02. The molecular formula is C16H16N2. The lowest BCUT2D eigenvalue weighted by Crippen LogP contribution is -2.01. The van der Waals surface area contributed by atoms with Gasteiger partial charge in [0.15, 0.2) is 0 Å². The molecule has 0 amide bonds. The molecule has 1 aromatic carbocycles. The molecule has 18 heavy (non-hydrogen) atoms. The molecule has 0 N–H and O–H groups in total. The van der Waals surface area contributed by atoms with Crippen LogP contribution in [0.5, 0.6) is 0 Å². The third-order valence-corrected chi connectivity index (χ3v) is 2.62. The lowest BCUT2D eigenvalue weighted by Gasteiger charge is -2.07. The van der Waals surface area contributed by atoms with Gasteiger partial charge in [-0.1, -0.05) is 17.9 Å². The zero-order chi connectivity index (χ0) is 13.2. The Bertz CT molecular complexity index is 667. The minimum absolute atomic E-state index is 0.0285. The number of aromatic nitrogens is 1. The fourth-order valence-electron chi connectivity index (χ4n) is 1.78. The Morgan fingerprint density at radius 1 is 1.22 bits per heavy atom. The second-order valence-corrected chi connectivity index (χ2v) is 5.38. The van der Waals surface area contributed by atoms with Crippen molar-refractivity contribution in [3.8, 4) is 17.9 Å². The van der Waals surface area contributed by atoms with Gasteiger partial charge in [0.25, 0.3) is 0 Å². The van der Waals surface area contributed by atoms with Crippen LogP contribution in [0.1, 0.15) is 26.3 Å². The summed E-state index contributed by atoms with van der Waals surface area (Å²) in [6, 6.07) is 9.94. The number of rotatable bonds is 1. The zero-order valence-electron chi connectivity index (χ0n) is 11.0. The van der Waals surface area contributed by atoms with Gasteiger partial charge in [-0.3, -0.25) is 0 Å². The topological polar surface area (TPSA) is 28.7 Å². The standard InChI is InChI=1S/C16H16N2/c1-16(2,3)8-4-9-18-10-7-14-6-5-13(12-17)11-15(14)18/h5-7,10-11H,9H2,1-3H3. The molecule has 0 aliphatic carbocycles. The van der Waals surface area contributed by atoms with E-state index in [0.717, 1.165) is 10.9 Å². The van der Waals surface area contributed by atoms with E-state index >= 15 is 0 Å². The van der Waals surface area contributed by atoms with Gasteiger partial charge < -0.3 is 4.57 Å². The van der Waals surface area contributed by atoms with Gasteiger partial charge in [-0.05, 0) is 44.4 Å². The van der Waals surface area contributed by atoms with Gasteiger partial charge in [0, 0.05) is 11.6 Å². The number of hydrogen-bond donors (Lipinski definition) is 0. The van der Waals surface area contributed by atoms with Crippen LogP contribution in [0.15, 0.2) is 30.5 Å². The molecule has 0 atom stereocenters. The van der Waals surface area contributed by atoms with Crippen LogP contribution < -0.4 is 0 Å². The highest BCUT2D eigenvalue weighted by molar-refractivity contribution is 5.81. The highest BCUT2D eigenvalue weighted by Gasteiger charge is 2.04. The second kappa shape index (κ2) is 4.59. The van der Waals surface area contributed by atoms with Crippen molar-refractivity contribution in [2.24, 2.45) is 5.41 Å². The predicted octanol–water partition coefficient (Wildman–Crippen LogP) is 3.56. The van der Waals surface area contributed by atoms with Crippen molar-refractivity contribution in [1.29, 1.82) is 5.26 Å². The maximum absolute atomic E-state index is 8.92. The smallest absolute Gasteiger partial charge is 0.0992 e. The van der Waals surface area contributed by atoms with Crippen LogP contribution in [0, 0.1) is 28.6 Å². The number of hydrogen-bond acceptors (Lipinski definition) is 1. The van der Waals surface area contributed by atoms with Crippen molar-refractivity contribution in [3.63, 3.8) is 0 Å². The van der Waals surface area contributed by atoms with Gasteiger partial charge in [0.05, 0.1) is 23.7 Å². The molecule has 2 aromatic rings.